The lowest BCUT2D eigenvalue weighted by atomic mass is 10.1. The molecular formula is C13H11FN2O3. The van der Waals surface area contributed by atoms with Crippen LogP contribution in [0.15, 0.2) is 30.5 Å². The molecule has 98 valence electrons. The number of halogens is 1. The van der Waals surface area contributed by atoms with E-state index in [4.69, 9.17) is 9.84 Å². The van der Waals surface area contributed by atoms with Crippen LogP contribution >= 0.6 is 0 Å². The van der Waals surface area contributed by atoms with Gasteiger partial charge < -0.3 is 9.84 Å². The van der Waals surface area contributed by atoms with Crippen LogP contribution in [0.3, 0.4) is 0 Å². The molecule has 0 saturated carbocycles. The molecule has 0 aliphatic carbocycles. The first kappa shape index (κ1) is 12.9. The van der Waals surface area contributed by atoms with Crippen LogP contribution in [-0.2, 0) is 0 Å². The molecule has 2 rings (SSSR count). The minimum atomic E-state index is -1.23. The maximum absolute atomic E-state index is 13.7. The zero-order valence-electron chi connectivity index (χ0n) is 10.1. The Balaban J connectivity index is 2.39. The lowest BCUT2D eigenvalue weighted by molar-refractivity contribution is 0.0683. The molecule has 0 spiro atoms. The van der Waals surface area contributed by atoms with Gasteiger partial charge in [0, 0.05) is 11.8 Å². The highest BCUT2D eigenvalue weighted by Crippen LogP contribution is 2.24. The van der Waals surface area contributed by atoms with Crippen LogP contribution in [0.2, 0.25) is 0 Å². The Bertz CT molecular complexity index is 617. The van der Waals surface area contributed by atoms with Crippen molar-refractivity contribution < 1.29 is 19.0 Å². The molecule has 0 bridgehead atoms. The number of nitrogens with zero attached hydrogens (tertiary/aromatic N) is 2. The van der Waals surface area contributed by atoms with Gasteiger partial charge in [0.15, 0.2) is 11.6 Å². The van der Waals surface area contributed by atoms with Crippen LogP contribution in [0.25, 0.3) is 11.3 Å². The highest BCUT2D eigenvalue weighted by Gasteiger charge is 2.10. The first-order chi connectivity index (χ1) is 9.11. The molecule has 0 atom stereocenters. The average molecular weight is 262 g/mol. The topological polar surface area (TPSA) is 72.3 Å². The minimum absolute atomic E-state index is 0.152. The normalized spacial score (nSPS) is 10.2. The highest BCUT2D eigenvalue weighted by atomic mass is 19.1. The molecule has 0 amide bonds. The Hall–Kier alpha value is -2.50. The van der Waals surface area contributed by atoms with Gasteiger partial charge in [-0.05, 0) is 31.2 Å². The molecule has 0 saturated heterocycles. The highest BCUT2D eigenvalue weighted by molar-refractivity contribution is 5.83. The first-order valence-corrected chi connectivity index (χ1v) is 5.61. The van der Waals surface area contributed by atoms with E-state index in [0.717, 1.165) is 0 Å². The van der Waals surface area contributed by atoms with Crippen LogP contribution < -0.4 is 4.74 Å². The second-order valence-corrected chi connectivity index (χ2v) is 3.65. The molecule has 1 N–H and O–H groups in total. The summed E-state index contributed by atoms with van der Waals surface area (Å²) in [6, 6.07) is 5.86. The number of hydrogen-bond acceptors (Lipinski definition) is 4. The van der Waals surface area contributed by atoms with E-state index in [1.54, 1.807) is 13.0 Å². The van der Waals surface area contributed by atoms with Crippen LogP contribution in [0.1, 0.15) is 17.5 Å². The van der Waals surface area contributed by atoms with Gasteiger partial charge in [-0.25, -0.2) is 19.2 Å². The maximum atomic E-state index is 13.7. The van der Waals surface area contributed by atoms with Crippen molar-refractivity contribution in [3.8, 4) is 17.0 Å². The zero-order chi connectivity index (χ0) is 13.8. The minimum Gasteiger partial charge on any atom is -0.491 e. The van der Waals surface area contributed by atoms with Crippen LogP contribution in [0, 0.1) is 5.82 Å². The Kier molecular flexibility index (Phi) is 3.70. The van der Waals surface area contributed by atoms with Gasteiger partial charge in [0.2, 0.25) is 5.82 Å². The third kappa shape index (κ3) is 2.85. The van der Waals surface area contributed by atoms with Crippen LogP contribution in [0.5, 0.6) is 5.75 Å². The van der Waals surface area contributed by atoms with E-state index in [9.17, 15) is 9.18 Å². The van der Waals surface area contributed by atoms with Gasteiger partial charge in [0.1, 0.15) is 0 Å². The molecule has 1 aromatic carbocycles. The molecule has 1 heterocycles. The van der Waals surface area contributed by atoms with E-state index < -0.39 is 11.8 Å². The first-order valence-electron chi connectivity index (χ1n) is 5.61. The Morgan fingerprint density at radius 3 is 2.84 bits per heavy atom. The van der Waals surface area contributed by atoms with Crippen molar-refractivity contribution in [3.63, 3.8) is 0 Å². The zero-order valence-corrected chi connectivity index (χ0v) is 10.1. The van der Waals surface area contributed by atoms with Gasteiger partial charge in [0.05, 0.1) is 12.3 Å². The van der Waals surface area contributed by atoms with Gasteiger partial charge in [-0.1, -0.05) is 0 Å². The lowest BCUT2D eigenvalue weighted by Gasteiger charge is -2.06. The summed E-state index contributed by atoms with van der Waals surface area (Å²) in [4.78, 5) is 18.2. The predicted octanol–water partition coefficient (Wildman–Crippen LogP) is 2.38. The Morgan fingerprint density at radius 2 is 2.21 bits per heavy atom. The summed E-state index contributed by atoms with van der Waals surface area (Å²) in [7, 11) is 0. The lowest BCUT2D eigenvalue weighted by Crippen LogP contribution is -2.04. The molecule has 2 aromatic rings. The fraction of sp³-hybridized carbons (Fsp3) is 0.154. The van der Waals surface area contributed by atoms with Gasteiger partial charge in [-0.2, -0.15) is 0 Å². The summed E-state index contributed by atoms with van der Waals surface area (Å²) in [6.07, 6.45) is 1.32. The van der Waals surface area contributed by atoms with Gasteiger partial charge in [-0.15, -0.1) is 0 Å². The predicted molar refractivity (Wildman–Crippen MR) is 65.6 cm³/mol. The monoisotopic (exact) mass is 262 g/mol. The van der Waals surface area contributed by atoms with E-state index in [1.165, 1.54) is 24.4 Å². The molecule has 6 heteroatoms. The molecule has 0 aliphatic rings. The number of carbonyl (C=O) groups is 1. The van der Waals surface area contributed by atoms with Gasteiger partial charge in [0.25, 0.3) is 0 Å². The maximum Gasteiger partial charge on any atom is 0.373 e. The number of rotatable bonds is 4. The fourth-order valence-corrected chi connectivity index (χ4v) is 1.56. The number of ether oxygens (including phenoxy) is 1. The van der Waals surface area contributed by atoms with Crippen molar-refractivity contribution in [1.82, 2.24) is 9.97 Å². The second-order valence-electron chi connectivity index (χ2n) is 3.65. The quantitative estimate of drug-likeness (QED) is 0.915. The van der Waals surface area contributed by atoms with Crippen molar-refractivity contribution in [3.05, 3.63) is 42.1 Å². The number of aromatic nitrogens is 2. The Labute approximate surface area is 108 Å². The third-order valence-corrected chi connectivity index (χ3v) is 2.37. The number of benzene rings is 1. The average Bonchev–Trinajstić information content (AvgIpc) is 2.41. The van der Waals surface area contributed by atoms with Crippen LogP contribution in [-0.4, -0.2) is 27.7 Å². The summed E-state index contributed by atoms with van der Waals surface area (Å²) in [6.45, 7) is 2.13. The number of aromatic carboxylic acids is 1. The summed E-state index contributed by atoms with van der Waals surface area (Å²) in [5, 5.41) is 8.81. The van der Waals surface area contributed by atoms with Crippen molar-refractivity contribution in [2.75, 3.05) is 6.61 Å². The summed E-state index contributed by atoms with van der Waals surface area (Å²) in [5.74, 6) is -1.92. The standard InChI is InChI=1S/C13H11FN2O3/c1-2-19-11-4-3-8(7-9(11)14)10-5-6-15-12(16-10)13(17)18/h3-7H,2H2,1H3,(H,17,18). The van der Waals surface area contributed by atoms with Crippen molar-refractivity contribution >= 4 is 5.97 Å². The summed E-state index contributed by atoms with van der Waals surface area (Å²) >= 11 is 0. The molecule has 1 aromatic heterocycles. The van der Waals surface area contributed by atoms with E-state index in [1.807, 2.05) is 0 Å². The summed E-state index contributed by atoms with van der Waals surface area (Å²) in [5.41, 5.74) is 0.806. The van der Waals surface area contributed by atoms with Gasteiger partial charge in [-0.3, -0.25) is 0 Å². The van der Waals surface area contributed by atoms with Crippen molar-refractivity contribution in [2.45, 2.75) is 6.92 Å². The summed E-state index contributed by atoms with van der Waals surface area (Å²) < 4.78 is 18.8. The van der Waals surface area contributed by atoms with Gasteiger partial charge >= 0.3 is 5.97 Å². The molecule has 19 heavy (non-hydrogen) atoms. The van der Waals surface area contributed by atoms with E-state index in [2.05, 4.69) is 9.97 Å². The SMILES string of the molecule is CCOc1ccc(-c2ccnc(C(=O)O)n2)cc1F. The number of carboxylic acid groups (broad SMARTS) is 1. The van der Waals surface area contributed by atoms with Crippen molar-refractivity contribution in [2.24, 2.45) is 0 Å². The third-order valence-electron chi connectivity index (χ3n) is 2.37. The smallest absolute Gasteiger partial charge is 0.373 e. The molecule has 0 fully saturated rings. The molecular weight excluding hydrogens is 251 g/mol. The van der Waals surface area contributed by atoms with E-state index >= 15 is 0 Å². The Morgan fingerprint density at radius 1 is 1.42 bits per heavy atom. The van der Waals surface area contributed by atoms with E-state index in [-0.39, 0.29) is 11.6 Å². The second kappa shape index (κ2) is 5.43. The largest absolute Gasteiger partial charge is 0.491 e. The molecule has 0 radical (unpaired) electrons. The molecule has 0 aliphatic heterocycles. The van der Waals surface area contributed by atoms with Crippen LogP contribution in [0.4, 0.5) is 4.39 Å². The molecule has 0 unspecified atom stereocenters. The fourth-order valence-electron chi connectivity index (χ4n) is 1.56. The molecule has 5 nitrogen and oxygen atoms in total. The number of hydrogen-bond donors (Lipinski definition) is 1. The number of carboxylic acids is 1. The van der Waals surface area contributed by atoms with Crippen molar-refractivity contribution in [1.29, 1.82) is 0 Å². The van der Waals surface area contributed by atoms with E-state index in [0.29, 0.717) is 17.9 Å².